The molecule has 0 bridgehead atoms. The van der Waals surface area contributed by atoms with Crippen LogP contribution < -0.4 is 5.32 Å². The molecule has 0 aliphatic carbocycles. The summed E-state index contributed by atoms with van der Waals surface area (Å²) in [7, 11) is 1.38. The molecule has 104 valence electrons. The minimum Gasteiger partial charge on any atom is -0.465 e. The summed E-state index contributed by atoms with van der Waals surface area (Å²) in [5.41, 5.74) is 3.54. The molecule has 0 spiro atoms. The fraction of sp³-hybridized carbons (Fsp3) is 0.188. The molecule has 1 N–H and O–H groups in total. The summed E-state index contributed by atoms with van der Waals surface area (Å²) in [6, 6.07) is 13.1. The van der Waals surface area contributed by atoms with E-state index in [4.69, 9.17) is 16.3 Å². The summed E-state index contributed by atoms with van der Waals surface area (Å²) < 4.78 is 4.70. The molecule has 4 heteroatoms. The second-order valence-electron chi connectivity index (χ2n) is 4.47. The maximum absolute atomic E-state index is 11.4. The molecule has 3 nitrogen and oxygen atoms in total. The Labute approximate surface area is 123 Å². The summed E-state index contributed by atoms with van der Waals surface area (Å²) >= 11 is 6.11. The van der Waals surface area contributed by atoms with Crippen molar-refractivity contribution in [1.29, 1.82) is 0 Å². The van der Waals surface area contributed by atoms with E-state index < -0.39 is 0 Å². The van der Waals surface area contributed by atoms with Crippen molar-refractivity contribution in [3.05, 3.63) is 64.2 Å². The number of carbonyl (C=O) groups is 1. The normalized spacial score (nSPS) is 10.2. The Kier molecular flexibility index (Phi) is 4.64. The molecule has 0 saturated heterocycles. The summed E-state index contributed by atoms with van der Waals surface area (Å²) in [6.45, 7) is 2.58. The second-order valence-corrected chi connectivity index (χ2v) is 4.87. The Bertz CT molecular complexity index is 626. The van der Waals surface area contributed by atoms with Crippen LogP contribution in [0.3, 0.4) is 0 Å². The van der Waals surface area contributed by atoms with Gasteiger partial charge in [0.2, 0.25) is 0 Å². The van der Waals surface area contributed by atoms with E-state index in [1.54, 1.807) is 12.1 Å². The monoisotopic (exact) mass is 289 g/mol. The molecular weight excluding hydrogens is 274 g/mol. The van der Waals surface area contributed by atoms with Crippen LogP contribution in [0.2, 0.25) is 5.02 Å². The highest BCUT2D eigenvalue weighted by Gasteiger charge is 2.07. The minimum atomic E-state index is -0.328. The van der Waals surface area contributed by atoms with Crippen LogP contribution in [-0.4, -0.2) is 13.1 Å². The molecule has 2 aromatic rings. The number of aryl methyl sites for hydroxylation is 1. The maximum Gasteiger partial charge on any atom is 0.337 e. The molecule has 0 aliphatic heterocycles. The topological polar surface area (TPSA) is 38.3 Å². The first-order chi connectivity index (χ1) is 9.61. The molecule has 2 aromatic carbocycles. The quantitative estimate of drug-likeness (QED) is 0.863. The lowest BCUT2D eigenvalue weighted by atomic mass is 10.1. The van der Waals surface area contributed by atoms with Crippen molar-refractivity contribution >= 4 is 23.3 Å². The molecule has 2 rings (SSSR count). The van der Waals surface area contributed by atoms with Gasteiger partial charge >= 0.3 is 5.97 Å². The number of hydrogen-bond donors (Lipinski definition) is 1. The summed E-state index contributed by atoms with van der Waals surface area (Å²) in [5, 5.41) is 4.06. The predicted octanol–water partition coefficient (Wildman–Crippen LogP) is 4.05. The third-order valence-corrected chi connectivity index (χ3v) is 3.44. The highest BCUT2D eigenvalue weighted by atomic mass is 35.5. The lowest BCUT2D eigenvalue weighted by molar-refractivity contribution is 0.0600. The average Bonchev–Trinajstić information content (AvgIpc) is 2.46. The van der Waals surface area contributed by atoms with Gasteiger partial charge in [-0.1, -0.05) is 29.8 Å². The van der Waals surface area contributed by atoms with Crippen LogP contribution in [0, 0.1) is 6.92 Å². The zero-order valence-corrected chi connectivity index (χ0v) is 12.2. The van der Waals surface area contributed by atoms with Gasteiger partial charge in [-0.05, 0) is 42.3 Å². The number of halogens is 1. The zero-order chi connectivity index (χ0) is 14.5. The van der Waals surface area contributed by atoms with Crippen molar-refractivity contribution < 1.29 is 9.53 Å². The van der Waals surface area contributed by atoms with Crippen LogP contribution >= 0.6 is 11.6 Å². The summed E-state index contributed by atoms with van der Waals surface area (Å²) in [4.78, 5) is 11.4. The number of nitrogens with one attached hydrogen (secondary N) is 1. The van der Waals surface area contributed by atoms with Crippen molar-refractivity contribution in [3.63, 3.8) is 0 Å². The largest absolute Gasteiger partial charge is 0.465 e. The first-order valence-corrected chi connectivity index (χ1v) is 6.66. The van der Waals surface area contributed by atoms with E-state index >= 15 is 0 Å². The number of rotatable bonds is 4. The number of anilines is 1. The van der Waals surface area contributed by atoms with Gasteiger partial charge in [0.1, 0.15) is 0 Å². The molecule has 0 heterocycles. The number of carbonyl (C=O) groups excluding carboxylic acids is 1. The average molecular weight is 290 g/mol. The first-order valence-electron chi connectivity index (χ1n) is 6.28. The minimum absolute atomic E-state index is 0.328. The number of methoxy groups -OCH3 is 1. The highest BCUT2D eigenvalue weighted by Crippen LogP contribution is 2.20. The van der Waals surface area contributed by atoms with E-state index in [2.05, 4.69) is 5.32 Å². The molecule has 0 atom stereocenters. The van der Waals surface area contributed by atoms with E-state index in [1.165, 1.54) is 7.11 Å². The lowest BCUT2D eigenvalue weighted by Crippen LogP contribution is -2.05. The van der Waals surface area contributed by atoms with Gasteiger partial charge in [0.25, 0.3) is 0 Å². The highest BCUT2D eigenvalue weighted by molar-refractivity contribution is 6.31. The predicted molar refractivity (Wildman–Crippen MR) is 81.3 cm³/mol. The molecule has 0 unspecified atom stereocenters. The van der Waals surface area contributed by atoms with Crippen LogP contribution in [0.1, 0.15) is 21.5 Å². The number of benzene rings is 2. The smallest absolute Gasteiger partial charge is 0.337 e. The van der Waals surface area contributed by atoms with Gasteiger partial charge in [0.15, 0.2) is 0 Å². The second kappa shape index (κ2) is 6.44. The molecule has 0 amide bonds. The lowest BCUT2D eigenvalue weighted by Gasteiger charge is -2.11. The van der Waals surface area contributed by atoms with Crippen molar-refractivity contribution in [2.75, 3.05) is 12.4 Å². The van der Waals surface area contributed by atoms with Crippen LogP contribution in [-0.2, 0) is 11.3 Å². The summed E-state index contributed by atoms with van der Waals surface area (Å²) in [6.07, 6.45) is 0. The van der Waals surface area contributed by atoms with Crippen molar-refractivity contribution in [2.45, 2.75) is 13.5 Å². The molecule has 0 fully saturated rings. The summed E-state index contributed by atoms with van der Waals surface area (Å²) in [5.74, 6) is -0.328. The Balaban J connectivity index is 2.11. The number of ether oxygens (including phenoxy) is 1. The van der Waals surface area contributed by atoms with Gasteiger partial charge in [0.05, 0.1) is 12.7 Å². The third-order valence-electron chi connectivity index (χ3n) is 3.07. The van der Waals surface area contributed by atoms with Gasteiger partial charge < -0.3 is 10.1 Å². The van der Waals surface area contributed by atoms with E-state index in [0.717, 1.165) is 21.8 Å². The molecule has 0 saturated carbocycles. The molecular formula is C16H16ClNO2. The van der Waals surface area contributed by atoms with Gasteiger partial charge in [-0.15, -0.1) is 0 Å². The SMILES string of the molecule is COC(=O)c1ccc(NCc2ccccc2Cl)c(C)c1. The number of esters is 1. The molecule has 20 heavy (non-hydrogen) atoms. The van der Waals surface area contributed by atoms with Crippen LogP contribution in [0.4, 0.5) is 5.69 Å². The Hall–Kier alpha value is -2.00. The Morgan fingerprint density at radius 3 is 2.65 bits per heavy atom. The van der Waals surface area contributed by atoms with E-state index in [0.29, 0.717) is 12.1 Å². The van der Waals surface area contributed by atoms with E-state index in [1.807, 2.05) is 37.3 Å². The van der Waals surface area contributed by atoms with Crippen LogP contribution in [0.5, 0.6) is 0 Å². The van der Waals surface area contributed by atoms with Crippen molar-refractivity contribution in [1.82, 2.24) is 0 Å². The Morgan fingerprint density at radius 2 is 2.00 bits per heavy atom. The van der Waals surface area contributed by atoms with E-state index in [9.17, 15) is 4.79 Å². The van der Waals surface area contributed by atoms with Gasteiger partial charge in [-0.3, -0.25) is 0 Å². The van der Waals surface area contributed by atoms with Crippen LogP contribution in [0.15, 0.2) is 42.5 Å². The zero-order valence-electron chi connectivity index (χ0n) is 11.4. The fourth-order valence-corrected chi connectivity index (χ4v) is 2.14. The Morgan fingerprint density at radius 1 is 1.25 bits per heavy atom. The molecule has 0 aliphatic rings. The first kappa shape index (κ1) is 14.4. The molecule has 0 aromatic heterocycles. The van der Waals surface area contributed by atoms with Gasteiger partial charge in [-0.2, -0.15) is 0 Å². The fourth-order valence-electron chi connectivity index (χ4n) is 1.94. The third kappa shape index (κ3) is 3.31. The van der Waals surface area contributed by atoms with E-state index in [-0.39, 0.29) is 5.97 Å². The van der Waals surface area contributed by atoms with Gasteiger partial charge in [0, 0.05) is 17.3 Å². The maximum atomic E-state index is 11.4. The van der Waals surface area contributed by atoms with Crippen LogP contribution in [0.25, 0.3) is 0 Å². The van der Waals surface area contributed by atoms with Gasteiger partial charge in [-0.25, -0.2) is 4.79 Å². The van der Waals surface area contributed by atoms with Crippen molar-refractivity contribution in [3.8, 4) is 0 Å². The molecule has 0 radical (unpaired) electrons. The standard InChI is InChI=1S/C16H16ClNO2/c1-11-9-12(16(19)20-2)7-8-15(11)18-10-13-5-3-4-6-14(13)17/h3-9,18H,10H2,1-2H3. The van der Waals surface area contributed by atoms with Crippen molar-refractivity contribution in [2.24, 2.45) is 0 Å². The number of hydrogen-bond acceptors (Lipinski definition) is 3.